The summed E-state index contributed by atoms with van der Waals surface area (Å²) >= 11 is 1.48. The molecule has 3 aromatic rings. The lowest BCUT2D eigenvalue weighted by molar-refractivity contribution is -0.134. The van der Waals surface area contributed by atoms with Gasteiger partial charge in [-0.3, -0.25) is 24.4 Å². The third-order valence-electron chi connectivity index (χ3n) is 4.47. The molecule has 1 fully saturated rings. The highest BCUT2D eigenvalue weighted by Crippen LogP contribution is 2.30. The van der Waals surface area contributed by atoms with Crippen molar-refractivity contribution in [2.24, 2.45) is 0 Å². The molecule has 0 saturated carbocycles. The van der Waals surface area contributed by atoms with Crippen LogP contribution in [0.4, 0.5) is 0 Å². The van der Waals surface area contributed by atoms with Gasteiger partial charge >= 0.3 is 0 Å². The van der Waals surface area contributed by atoms with E-state index in [0.717, 1.165) is 15.9 Å². The minimum atomic E-state index is -0.493. The van der Waals surface area contributed by atoms with E-state index in [4.69, 9.17) is 0 Å². The van der Waals surface area contributed by atoms with E-state index in [1.54, 1.807) is 10.9 Å². The molecule has 9 heteroatoms. The van der Waals surface area contributed by atoms with Gasteiger partial charge in [0, 0.05) is 23.4 Å². The van der Waals surface area contributed by atoms with Crippen molar-refractivity contribution in [1.82, 2.24) is 25.4 Å². The molecular weight excluding hydrogens is 366 g/mol. The van der Waals surface area contributed by atoms with Crippen molar-refractivity contribution in [3.8, 4) is 0 Å². The monoisotopic (exact) mass is 383 g/mol. The van der Waals surface area contributed by atoms with Gasteiger partial charge in [0.2, 0.25) is 17.7 Å². The quantitative estimate of drug-likeness (QED) is 0.647. The summed E-state index contributed by atoms with van der Waals surface area (Å²) in [4.78, 5) is 40.1. The molecule has 0 bridgehead atoms. The fraction of sp³-hybridized carbons (Fsp3) is 0.278. The number of benzene rings is 1. The first-order valence-electron chi connectivity index (χ1n) is 8.56. The zero-order valence-corrected chi connectivity index (χ0v) is 15.2. The SMILES string of the molecule is O=C(Cn1nc(C2CCC(=O)NC2=O)c2ccccc21)NCc1nccs1. The van der Waals surface area contributed by atoms with Crippen LogP contribution in [0.15, 0.2) is 35.8 Å². The molecule has 4 rings (SSSR count). The Bertz CT molecular complexity index is 1010. The van der Waals surface area contributed by atoms with E-state index < -0.39 is 5.92 Å². The van der Waals surface area contributed by atoms with E-state index in [1.165, 1.54) is 11.3 Å². The van der Waals surface area contributed by atoms with Gasteiger partial charge in [-0.1, -0.05) is 18.2 Å². The van der Waals surface area contributed by atoms with Gasteiger partial charge in [-0.05, 0) is 12.5 Å². The summed E-state index contributed by atoms with van der Waals surface area (Å²) in [7, 11) is 0. The van der Waals surface area contributed by atoms with Crippen molar-refractivity contribution < 1.29 is 14.4 Å². The number of nitrogens with zero attached hydrogens (tertiary/aromatic N) is 3. The number of hydrogen-bond donors (Lipinski definition) is 2. The first-order chi connectivity index (χ1) is 13.1. The first kappa shape index (κ1) is 17.3. The maximum Gasteiger partial charge on any atom is 0.242 e. The lowest BCUT2D eigenvalue weighted by Crippen LogP contribution is -2.39. The van der Waals surface area contributed by atoms with Gasteiger partial charge < -0.3 is 5.32 Å². The van der Waals surface area contributed by atoms with E-state index in [9.17, 15) is 14.4 Å². The molecule has 1 atom stereocenters. The molecular formula is C18H17N5O3S. The summed E-state index contributed by atoms with van der Waals surface area (Å²) in [6.07, 6.45) is 2.40. The minimum absolute atomic E-state index is 0.0408. The summed E-state index contributed by atoms with van der Waals surface area (Å²) < 4.78 is 1.60. The van der Waals surface area contributed by atoms with Gasteiger partial charge in [-0.15, -0.1) is 11.3 Å². The maximum absolute atomic E-state index is 12.3. The minimum Gasteiger partial charge on any atom is -0.348 e. The van der Waals surface area contributed by atoms with Crippen LogP contribution in [0.5, 0.6) is 0 Å². The van der Waals surface area contributed by atoms with Gasteiger partial charge in [0.25, 0.3) is 0 Å². The smallest absolute Gasteiger partial charge is 0.242 e. The van der Waals surface area contributed by atoms with Crippen LogP contribution < -0.4 is 10.6 Å². The van der Waals surface area contributed by atoms with Crippen LogP contribution in [0.3, 0.4) is 0 Å². The van der Waals surface area contributed by atoms with Crippen LogP contribution in [-0.2, 0) is 27.5 Å². The Kier molecular flexibility index (Phi) is 4.68. The molecule has 1 aliphatic heterocycles. The van der Waals surface area contributed by atoms with Crippen molar-refractivity contribution in [2.45, 2.75) is 31.8 Å². The number of fused-ring (bicyclic) bond motifs is 1. The predicted molar refractivity (Wildman–Crippen MR) is 98.8 cm³/mol. The molecule has 1 saturated heterocycles. The van der Waals surface area contributed by atoms with Crippen molar-refractivity contribution in [1.29, 1.82) is 0 Å². The molecule has 3 amide bonds. The Morgan fingerprint density at radius 2 is 2.19 bits per heavy atom. The number of carbonyl (C=O) groups excluding carboxylic acids is 3. The maximum atomic E-state index is 12.3. The molecule has 8 nitrogen and oxygen atoms in total. The van der Waals surface area contributed by atoms with Crippen LogP contribution >= 0.6 is 11.3 Å². The first-order valence-corrected chi connectivity index (χ1v) is 9.44. The number of rotatable bonds is 5. The number of piperidine rings is 1. The average molecular weight is 383 g/mol. The average Bonchev–Trinajstić information content (AvgIpc) is 3.29. The second-order valence-corrected chi connectivity index (χ2v) is 7.25. The zero-order chi connectivity index (χ0) is 18.8. The van der Waals surface area contributed by atoms with Gasteiger partial charge in [-0.2, -0.15) is 5.10 Å². The van der Waals surface area contributed by atoms with E-state index in [2.05, 4.69) is 20.7 Å². The number of carbonyl (C=O) groups is 3. The summed E-state index contributed by atoms with van der Waals surface area (Å²) in [6.45, 7) is 0.412. The molecule has 3 heterocycles. The molecule has 1 unspecified atom stereocenters. The third kappa shape index (κ3) is 3.59. The Morgan fingerprint density at radius 3 is 2.96 bits per heavy atom. The van der Waals surface area contributed by atoms with Gasteiger partial charge in [0.05, 0.1) is 23.7 Å². The fourth-order valence-corrected chi connectivity index (χ4v) is 3.75. The number of thiazole rings is 1. The number of hydrogen-bond acceptors (Lipinski definition) is 6. The summed E-state index contributed by atoms with van der Waals surface area (Å²) in [5, 5.41) is 13.2. The van der Waals surface area contributed by atoms with Gasteiger partial charge in [0.1, 0.15) is 11.6 Å². The van der Waals surface area contributed by atoms with Crippen molar-refractivity contribution in [2.75, 3.05) is 0 Å². The predicted octanol–water partition coefficient (Wildman–Crippen LogP) is 1.33. The Labute approximate surface area is 158 Å². The van der Waals surface area contributed by atoms with E-state index in [0.29, 0.717) is 18.7 Å². The van der Waals surface area contributed by atoms with E-state index in [-0.39, 0.29) is 30.7 Å². The van der Waals surface area contributed by atoms with Gasteiger partial charge in [-0.25, -0.2) is 4.98 Å². The molecule has 27 heavy (non-hydrogen) atoms. The molecule has 1 aliphatic rings. The second kappa shape index (κ2) is 7.28. The lowest BCUT2D eigenvalue weighted by atomic mass is 9.93. The topological polar surface area (TPSA) is 106 Å². The van der Waals surface area contributed by atoms with Crippen LogP contribution in [0.2, 0.25) is 0 Å². The summed E-state index contributed by atoms with van der Waals surface area (Å²) in [6, 6.07) is 7.48. The number of nitrogens with one attached hydrogen (secondary N) is 2. The van der Waals surface area contributed by atoms with Crippen molar-refractivity contribution in [3.63, 3.8) is 0 Å². The Morgan fingerprint density at radius 1 is 1.33 bits per heavy atom. The molecule has 1 aromatic carbocycles. The highest BCUT2D eigenvalue weighted by molar-refractivity contribution is 7.09. The molecule has 2 N–H and O–H groups in total. The molecule has 138 valence electrons. The van der Waals surface area contributed by atoms with Crippen molar-refractivity contribution in [3.05, 3.63) is 46.5 Å². The van der Waals surface area contributed by atoms with Crippen LogP contribution in [0, 0.1) is 0 Å². The Balaban J connectivity index is 1.57. The fourth-order valence-electron chi connectivity index (χ4n) is 3.19. The largest absolute Gasteiger partial charge is 0.348 e. The van der Waals surface area contributed by atoms with Crippen LogP contribution in [-0.4, -0.2) is 32.5 Å². The molecule has 0 spiro atoms. The molecule has 0 radical (unpaired) electrons. The number of aromatic nitrogens is 3. The molecule has 2 aromatic heterocycles. The summed E-state index contributed by atoms with van der Waals surface area (Å²) in [5.41, 5.74) is 1.38. The zero-order valence-electron chi connectivity index (χ0n) is 14.3. The second-order valence-electron chi connectivity index (χ2n) is 6.27. The van der Waals surface area contributed by atoms with Crippen LogP contribution in [0.1, 0.15) is 29.5 Å². The highest BCUT2D eigenvalue weighted by Gasteiger charge is 2.31. The van der Waals surface area contributed by atoms with Crippen LogP contribution in [0.25, 0.3) is 10.9 Å². The highest BCUT2D eigenvalue weighted by atomic mass is 32.1. The van der Waals surface area contributed by atoms with E-state index in [1.807, 2.05) is 29.6 Å². The van der Waals surface area contributed by atoms with Crippen molar-refractivity contribution >= 4 is 40.0 Å². The van der Waals surface area contributed by atoms with E-state index >= 15 is 0 Å². The lowest BCUT2D eigenvalue weighted by Gasteiger charge is -2.19. The standard InChI is InChI=1S/C18H17N5O3S/c24-14-6-5-12(18(26)21-14)17-11-3-1-2-4-13(11)23(22-17)10-15(25)20-9-16-19-7-8-27-16/h1-4,7-8,12H,5-6,9-10H2,(H,20,25)(H,21,24,26). The Hall–Kier alpha value is -3.07. The third-order valence-corrected chi connectivity index (χ3v) is 5.25. The molecule has 0 aliphatic carbocycles. The number of para-hydroxylation sites is 1. The number of amides is 3. The normalized spacial score (nSPS) is 17.1. The summed E-state index contributed by atoms with van der Waals surface area (Å²) in [5.74, 6) is -1.28. The number of imide groups is 1. The van der Waals surface area contributed by atoms with Gasteiger partial charge in [0.15, 0.2) is 0 Å².